The third-order valence-corrected chi connectivity index (χ3v) is 2.51. The van der Waals surface area contributed by atoms with Gasteiger partial charge in [0.15, 0.2) is 0 Å². The van der Waals surface area contributed by atoms with Crippen molar-refractivity contribution in [2.24, 2.45) is 0 Å². The number of nitrogens with zero attached hydrogens (tertiary/aromatic N) is 1. The second-order valence-corrected chi connectivity index (χ2v) is 3.80. The van der Waals surface area contributed by atoms with Crippen LogP contribution in [0.25, 0.3) is 0 Å². The van der Waals surface area contributed by atoms with Crippen molar-refractivity contribution >= 4 is 17.3 Å². The second-order valence-electron chi connectivity index (χ2n) is 3.41. The molecule has 0 unspecified atom stereocenters. The normalized spacial score (nSPS) is 15.9. The number of hydrogen-bond donors (Lipinski definition) is 1. The van der Waals surface area contributed by atoms with E-state index >= 15 is 0 Å². The predicted molar refractivity (Wildman–Crippen MR) is 61.3 cm³/mol. The van der Waals surface area contributed by atoms with E-state index < -0.39 is 0 Å². The minimum atomic E-state index is 0.515. The van der Waals surface area contributed by atoms with Crippen LogP contribution >= 0.6 is 11.6 Å². The average Bonchev–Trinajstić information content (AvgIpc) is 2.28. The van der Waals surface area contributed by atoms with Gasteiger partial charge in [-0.3, -0.25) is 0 Å². The van der Waals surface area contributed by atoms with Crippen LogP contribution in [0.4, 0.5) is 5.69 Å². The lowest BCUT2D eigenvalue weighted by atomic mass is 10.1. The second kappa shape index (κ2) is 5.14. The summed E-state index contributed by atoms with van der Waals surface area (Å²) in [4.78, 5) is 3.93. The molecule has 0 saturated heterocycles. The molecule has 1 aromatic rings. The van der Waals surface area contributed by atoms with Crippen LogP contribution in [0.15, 0.2) is 30.0 Å². The smallest absolute Gasteiger partial charge is 0.131 e. The Bertz CT molecular complexity index is 365. The van der Waals surface area contributed by atoms with Crippen molar-refractivity contribution in [1.82, 2.24) is 4.98 Å². The van der Waals surface area contributed by atoms with Crippen LogP contribution in [0.5, 0.6) is 0 Å². The zero-order valence-corrected chi connectivity index (χ0v) is 9.13. The molecule has 0 radical (unpaired) electrons. The summed E-state index contributed by atoms with van der Waals surface area (Å²) in [7, 11) is 0. The molecule has 0 spiro atoms. The molecular formula is C11H13ClN2O. The molecule has 80 valence electrons. The number of aromatic nitrogens is 1. The maximum absolute atomic E-state index is 5.78. The number of halogens is 1. The third kappa shape index (κ3) is 3.22. The van der Waals surface area contributed by atoms with Gasteiger partial charge in [0.1, 0.15) is 5.15 Å². The molecule has 1 aromatic heterocycles. The van der Waals surface area contributed by atoms with Crippen LogP contribution in [-0.4, -0.2) is 24.7 Å². The maximum Gasteiger partial charge on any atom is 0.131 e. The minimum Gasteiger partial charge on any atom is -0.381 e. The van der Waals surface area contributed by atoms with Gasteiger partial charge in [0, 0.05) is 18.4 Å². The van der Waals surface area contributed by atoms with E-state index in [1.54, 1.807) is 6.20 Å². The quantitative estimate of drug-likeness (QED) is 0.633. The Morgan fingerprint density at radius 2 is 2.47 bits per heavy atom. The number of nitrogens with one attached hydrogen (secondary N) is 1. The van der Waals surface area contributed by atoms with E-state index in [9.17, 15) is 0 Å². The largest absolute Gasteiger partial charge is 0.381 e. The van der Waals surface area contributed by atoms with Gasteiger partial charge in [0.2, 0.25) is 0 Å². The highest BCUT2D eigenvalue weighted by Crippen LogP contribution is 2.14. The van der Waals surface area contributed by atoms with E-state index in [2.05, 4.69) is 16.4 Å². The Labute approximate surface area is 94.1 Å². The van der Waals surface area contributed by atoms with Gasteiger partial charge < -0.3 is 10.1 Å². The molecule has 0 bridgehead atoms. The Morgan fingerprint density at radius 1 is 1.53 bits per heavy atom. The molecule has 1 aliphatic heterocycles. The average molecular weight is 225 g/mol. The Hall–Kier alpha value is -1.06. The number of anilines is 1. The Kier molecular flexibility index (Phi) is 3.59. The van der Waals surface area contributed by atoms with Crippen molar-refractivity contribution < 1.29 is 4.74 Å². The molecule has 3 nitrogen and oxygen atoms in total. The first-order valence-electron chi connectivity index (χ1n) is 4.96. The van der Waals surface area contributed by atoms with E-state index in [1.807, 2.05) is 12.1 Å². The molecule has 0 fully saturated rings. The van der Waals surface area contributed by atoms with Gasteiger partial charge in [-0.15, -0.1) is 0 Å². The molecule has 4 heteroatoms. The van der Waals surface area contributed by atoms with Crippen molar-refractivity contribution in [2.75, 3.05) is 25.1 Å². The van der Waals surface area contributed by atoms with Gasteiger partial charge in [-0.25, -0.2) is 4.98 Å². The molecular weight excluding hydrogens is 212 g/mol. The topological polar surface area (TPSA) is 34.1 Å². The number of rotatable bonds is 3. The zero-order valence-electron chi connectivity index (χ0n) is 8.37. The number of ether oxygens (including phenoxy) is 1. The first-order valence-corrected chi connectivity index (χ1v) is 5.33. The summed E-state index contributed by atoms with van der Waals surface area (Å²) in [6.07, 6.45) is 4.83. The van der Waals surface area contributed by atoms with E-state index in [-0.39, 0.29) is 0 Å². The maximum atomic E-state index is 5.78. The van der Waals surface area contributed by atoms with Crippen LogP contribution in [0.1, 0.15) is 6.42 Å². The van der Waals surface area contributed by atoms with Crippen LogP contribution in [-0.2, 0) is 4.74 Å². The van der Waals surface area contributed by atoms with Crippen molar-refractivity contribution in [3.05, 3.63) is 35.1 Å². The molecule has 15 heavy (non-hydrogen) atoms. The first-order chi connectivity index (χ1) is 7.34. The van der Waals surface area contributed by atoms with Gasteiger partial charge in [0.05, 0.1) is 13.2 Å². The lowest BCUT2D eigenvalue weighted by molar-refractivity contribution is 0.154. The monoisotopic (exact) mass is 224 g/mol. The standard InChI is InChI=1S/C11H13ClN2O/c12-11-7-10(1-4-13-11)14-8-9-2-5-15-6-3-9/h1-2,4,7H,3,5-6,8H2,(H,13,14). The van der Waals surface area contributed by atoms with Crippen molar-refractivity contribution in [3.8, 4) is 0 Å². The van der Waals surface area contributed by atoms with Crippen LogP contribution in [0.2, 0.25) is 5.15 Å². The molecule has 0 aliphatic carbocycles. The lowest BCUT2D eigenvalue weighted by Crippen LogP contribution is -2.12. The number of hydrogen-bond acceptors (Lipinski definition) is 3. The highest BCUT2D eigenvalue weighted by Gasteiger charge is 2.03. The summed E-state index contributed by atoms with van der Waals surface area (Å²) in [6, 6.07) is 3.73. The van der Waals surface area contributed by atoms with Crippen LogP contribution in [0, 0.1) is 0 Å². The summed E-state index contributed by atoms with van der Waals surface area (Å²) < 4.78 is 5.24. The van der Waals surface area contributed by atoms with Gasteiger partial charge >= 0.3 is 0 Å². The third-order valence-electron chi connectivity index (χ3n) is 2.30. The minimum absolute atomic E-state index is 0.515. The van der Waals surface area contributed by atoms with E-state index in [1.165, 1.54) is 5.57 Å². The molecule has 0 amide bonds. The van der Waals surface area contributed by atoms with Crippen LogP contribution in [0.3, 0.4) is 0 Å². The summed E-state index contributed by atoms with van der Waals surface area (Å²) in [5.41, 5.74) is 2.39. The Balaban J connectivity index is 1.90. The van der Waals surface area contributed by atoms with E-state index in [0.29, 0.717) is 5.15 Å². The molecule has 0 atom stereocenters. The van der Waals surface area contributed by atoms with E-state index in [4.69, 9.17) is 16.3 Å². The van der Waals surface area contributed by atoms with E-state index in [0.717, 1.165) is 31.9 Å². The molecule has 2 heterocycles. The highest BCUT2D eigenvalue weighted by atomic mass is 35.5. The predicted octanol–water partition coefficient (Wildman–Crippen LogP) is 2.49. The van der Waals surface area contributed by atoms with Crippen molar-refractivity contribution in [2.45, 2.75) is 6.42 Å². The summed E-state index contributed by atoms with van der Waals surface area (Å²) in [5.74, 6) is 0. The van der Waals surface area contributed by atoms with Gasteiger partial charge in [-0.05, 0) is 18.6 Å². The molecule has 0 aromatic carbocycles. The molecule has 1 N–H and O–H groups in total. The fraction of sp³-hybridized carbons (Fsp3) is 0.364. The fourth-order valence-electron chi connectivity index (χ4n) is 1.45. The summed E-state index contributed by atoms with van der Waals surface area (Å²) in [5, 5.41) is 3.82. The summed E-state index contributed by atoms with van der Waals surface area (Å²) >= 11 is 5.78. The first kappa shape index (κ1) is 10.5. The van der Waals surface area contributed by atoms with Crippen molar-refractivity contribution in [3.63, 3.8) is 0 Å². The Morgan fingerprint density at radius 3 is 3.20 bits per heavy atom. The van der Waals surface area contributed by atoms with Gasteiger partial charge in [-0.2, -0.15) is 0 Å². The van der Waals surface area contributed by atoms with Crippen molar-refractivity contribution in [1.29, 1.82) is 0 Å². The molecule has 0 saturated carbocycles. The van der Waals surface area contributed by atoms with Gasteiger partial charge in [-0.1, -0.05) is 23.3 Å². The fourth-order valence-corrected chi connectivity index (χ4v) is 1.63. The molecule has 1 aliphatic rings. The highest BCUT2D eigenvalue weighted by molar-refractivity contribution is 6.29. The summed E-state index contributed by atoms with van der Waals surface area (Å²) in [6.45, 7) is 2.41. The lowest BCUT2D eigenvalue weighted by Gasteiger charge is -2.14. The van der Waals surface area contributed by atoms with Gasteiger partial charge in [0.25, 0.3) is 0 Å². The van der Waals surface area contributed by atoms with Crippen LogP contribution < -0.4 is 5.32 Å². The number of pyridine rings is 1. The molecule has 2 rings (SSSR count). The zero-order chi connectivity index (χ0) is 10.5. The SMILES string of the molecule is Clc1cc(NCC2=CCOCC2)ccn1.